The molecule has 0 saturated heterocycles. The van der Waals surface area contributed by atoms with Gasteiger partial charge in [0.05, 0.1) is 7.11 Å². The normalized spacial score (nSPS) is 15.3. The van der Waals surface area contributed by atoms with Gasteiger partial charge in [0, 0.05) is 6.42 Å². The van der Waals surface area contributed by atoms with Gasteiger partial charge in [0.25, 0.3) is 0 Å². The Morgan fingerprint density at radius 1 is 1.55 bits per heavy atom. The molecular formula is C7H12O4. The molecule has 0 aromatic carbocycles. The third-order valence-corrected chi connectivity index (χ3v) is 1.45. The van der Waals surface area contributed by atoms with Crippen LogP contribution in [0, 0.1) is 0 Å². The van der Waals surface area contributed by atoms with Gasteiger partial charge in [-0.2, -0.15) is 0 Å². The Labute approximate surface area is 65.2 Å². The fourth-order valence-corrected chi connectivity index (χ4v) is 0.657. The summed E-state index contributed by atoms with van der Waals surface area (Å²) in [6, 6.07) is 0. The third kappa shape index (κ3) is 2.01. The van der Waals surface area contributed by atoms with Crippen LogP contribution in [0.15, 0.2) is 0 Å². The van der Waals surface area contributed by atoms with Gasteiger partial charge in [-0.25, -0.2) is 4.79 Å². The highest BCUT2D eigenvalue weighted by molar-refractivity contribution is 6.06. The first-order valence-corrected chi connectivity index (χ1v) is 3.30. The van der Waals surface area contributed by atoms with Crippen LogP contribution in [0.3, 0.4) is 0 Å². The maximum atomic E-state index is 10.9. The topological polar surface area (TPSA) is 63.6 Å². The first-order chi connectivity index (χ1) is 4.96. The van der Waals surface area contributed by atoms with Gasteiger partial charge in [-0.3, -0.25) is 4.79 Å². The van der Waals surface area contributed by atoms with Crippen LogP contribution in [-0.4, -0.2) is 29.6 Å². The smallest absolute Gasteiger partial charge is 0.345 e. The van der Waals surface area contributed by atoms with Crippen LogP contribution >= 0.6 is 0 Å². The molecule has 0 radical (unpaired) electrons. The standard InChI is InChI=1S/C7H12O4/c1-4-5(8)7(2,10)6(9)11-3/h10H,4H2,1-3H3/t7-/m0/s1. The van der Waals surface area contributed by atoms with E-state index in [-0.39, 0.29) is 6.42 Å². The Balaban J connectivity index is 4.44. The molecule has 0 rings (SSSR count). The highest BCUT2D eigenvalue weighted by atomic mass is 16.5. The third-order valence-electron chi connectivity index (χ3n) is 1.45. The zero-order valence-electron chi connectivity index (χ0n) is 6.88. The summed E-state index contributed by atoms with van der Waals surface area (Å²) < 4.78 is 4.23. The second-order valence-corrected chi connectivity index (χ2v) is 2.34. The molecule has 4 nitrogen and oxygen atoms in total. The number of carbonyl (C=O) groups is 2. The van der Waals surface area contributed by atoms with Crippen LogP contribution in [0.1, 0.15) is 20.3 Å². The number of methoxy groups -OCH3 is 1. The summed E-state index contributed by atoms with van der Waals surface area (Å²) in [5.74, 6) is -1.45. The van der Waals surface area contributed by atoms with Gasteiger partial charge in [0.15, 0.2) is 5.78 Å². The molecule has 0 amide bonds. The summed E-state index contributed by atoms with van der Waals surface area (Å²) in [6.07, 6.45) is 0.113. The molecule has 4 heteroatoms. The Kier molecular flexibility index (Phi) is 3.19. The maximum Gasteiger partial charge on any atom is 0.345 e. The lowest BCUT2D eigenvalue weighted by molar-refractivity contribution is -0.166. The summed E-state index contributed by atoms with van der Waals surface area (Å²) in [5, 5.41) is 9.23. The number of ketones is 1. The summed E-state index contributed by atoms with van der Waals surface area (Å²) in [5.41, 5.74) is -1.98. The lowest BCUT2D eigenvalue weighted by atomic mass is 10.00. The first-order valence-electron chi connectivity index (χ1n) is 3.30. The molecule has 0 spiro atoms. The van der Waals surface area contributed by atoms with Crippen molar-refractivity contribution >= 4 is 11.8 Å². The second kappa shape index (κ2) is 3.48. The molecule has 0 aromatic heterocycles. The highest BCUT2D eigenvalue weighted by Crippen LogP contribution is 2.08. The quantitative estimate of drug-likeness (QED) is 0.462. The second-order valence-electron chi connectivity index (χ2n) is 2.34. The van der Waals surface area contributed by atoms with E-state index in [2.05, 4.69) is 4.74 Å². The van der Waals surface area contributed by atoms with Crippen molar-refractivity contribution in [1.29, 1.82) is 0 Å². The van der Waals surface area contributed by atoms with E-state index in [4.69, 9.17) is 0 Å². The molecule has 0 aliphatic rings. The van der Waals surface area contributed by atoms with E-state index < -0.39 is 17.4 Å². The van der Waals surface area contributed by atoms with Crippen molar-refractivity contribution in [2.75, 3.05) is 7.11 Å². The van der Waals surface area contributed by atoms with Gasteiger partial charge in [-0.15, -0.1) is 0 Å². The van der Waals surface area contributed by atoms with Crippen molar-refractivity contribution in [2.45, 2.75) is 25.9 Å². The monoisotopic (exact) mass is 160 g/mol. The minimum absolute atomic E-state index is 0.113. The Morgan fingerprint density at radius 2 is 2.00 bits per heavy atom. The molecule has 64 valence electrons. The predicted molar refractivity (Wildman–Crippen MR) is 37.9 cm³/mol. The Morgan fingerprint density at radius 3 is 2.27 bits per heavy atom. The summed E-state index contributed by atoms with van der Waals surface area (Å²) in [7, 11) is 1.12. The van der Waals surface area contributed by atoms with Gasteiger partial charge in [-0.05, 0) is 6.92 Å². The number of hydrogen-bond donors (Lipinski definition) is 1. The average Bonchev–Trinajstić information content (AvgIpc) is 2.01. The van der Waals surface area contributed by atoms with Gasteiger partial charge in [0.1, 0.15) is 0 Å². The van der Waals surface area contributed by atoms with Crippen LogP contribution in [0.2, 0.25) is 0 Å². The molecule has 1 N–H and O–H groups in total. The van der Waals surface area contributed by atoms with Crippen LogP contribution in [0.5, 0.6) is 0 Å². The van der Waals surface area contributed by atoms with E-state index in [1.165, 1.54) is 0 Å². The molecule has 0 aliphatic carbocycles. The van der Waals surface area contributed by atoms with Crippen LogP contribution in [-0.2, 0) is 14.3 Å². The molecule has 11 heavy (non-hydrogen) atoms. The van der Waals surface area contributed by atoms with Gasteiger partial charge in [-0.1, -0.05) is 6.92 Å². The molecule has 0 aromatic rings. The van der Waals surface area contributed by atoms with Gasteiger partial charge >= 0.3 is 5.97 Å². The van der Waals surface area contributed by atoms with Gasteiger partial charge in [0.2, 0.25) is 5.60 Å². The molecule has 1 atom stereocenters. The minimum Gasteiger partial charge on any atom is -0.467 e. The van der Waals surface area contributed by atoms with Crippen LogP contribution in [0.4, 0.5) is 0 Å². The molecule has 0 aliphatic heterocycles. The zero-order chi connectivity index (χ0) is 9.07. The lowest BCUT2D eigenvalue weighted by Crippen LogP contribution is -2.44. The zero-order valence-corrected chi connectivity index (χ0v) is 6.88. The van der Waals surface area contributed by atoms with E-state index >= 15 is 0 Å². The van der Waals surface area contributed by atoms with Crippen LogP contribution < -0.4 is 0 Å². The fourth-order valence-electron chi connectivity index (χ4n) is 0.657. The number of carbonyl (C=O) groups excluding carboxylic acids is 2. The number of Topliss-reactive ketones (excluding diaryl/α,β-unsaturated/α-hetero) is 1. The van der Waals surface area contributed by atoms with Gasteiger partial charge < -0.3 is 9.84 Å². The number of hydrogen-bond acceptors (Lipinski definition) is 4. The molecule has 0 unspecified atom stereocenters. The minimum atomic E-state index is -1.98. The average molecular weight is 160 g/mol. The predicted octanol–water partition coefficient (Wildman–Crippen LogP) is -0.110. The molecule has 0 heterocycles. The summed E-state index contributed by atoms with van der Waals surface area (Å²) in [4.78, 5) is 21.6. The number of rotatable bonds is 3. The summed E-state index contributed by atoms with van der Waals surface area (Å²) >= 11 is 0. The van der Waals surface area contributed by atoms with E-state index in [9.17, 15) is 14.7 Å². The lowest BCUT2D eigenvalue weighted by Gasteiger charge is -2.17. The highest BCUT2D eigenvalue weighted by Gasteiger charge is 2.38. The Hall–Kier alpha value is -0.900. The molecule has 0 fully saturated rings. The molecule has 0 bridgehead atoms. The fraction of sp³-hybridized carbons (Fsp3) is 0.714. The first kappa shape index (κ1) is 10.1. The van der Waals surface area contributed by atoms with E-state index in [0.29, 0.717) is 0 Å². The van der Waals surface area contributed by atoms with Crippen molar-refractivity contribution in [3.8, 4) is 0 Å². The Bertz CT molecular complexity index is 153. The van der Waals surface area contributed by atoms with Crippen molar-refractivity contribution < 1.29 is 19.4 Å². The van der Waals surface area contributed by atoms with Crippen molar-refractivity contribution in [3.63, 3.8) is 0 Å². The van der Waals surface area contributed by atoms with E-state index in [1.54, 1.807) is 6.92 Å². The molecule has 0 saturated carbocycles. The SMILES string of the molecule is CCC(=O)[C@](C)(O)C(=O)OC. The van der Waals surface area contributed by atoms with Crippen molar-refractivity contribution in [3.05, 3.63) is 0 Å². The largest absolute Gasteiger partial charge is 0.467 e. The van der Waals surface area contributed by atoms with E-state index in [1.807, 2.05) is 0 Å². The maximum absolute atomic E-state index is 10.9. The molecular weight excluding hydrogens is 148 g/mol. The number of aliphatic hydroxyl groups is 1. The van der Waals surface area contributed by atoms with Crippen LogP contribution in [0.25, 0.3) is 0 Å². The number of esters is 1. The summed E-state index contributed by atoms with van der Waals surface area (Å²) in [6.45, 7) is 2.70. The number of ether oxygens (including phenoxy) is 1. The van der Waals surface area contributed by atoms with Crippen molar-refractivity contribution in [1.82, 2.24) is 0 Å². The van der Waals surface area contributed by atoms with Crippen molar-refractivity contribution in [2.24, 2.45) is 0 Å². The van der Waals surface area contributed by atoms with E-state index in [0.717, 1.165) is 14.0 Å².